The molecule has 27 heavy (non-hydrogen) atoms. The van der Waals surface area contributed by atoms with Crippen LogP contribution in [-0.2, 0) is 0 Å². The maximum absolute atomic E-state index is 12.3. The highest BCUT2D eigenvalue weighted by atomic mass is 35.5. The van der Waals surface area contributed by atoms with Gasteiger partial charge in [0.15, 0.2) is 16.6 Å². The minimum absolute atomic E-state index is 0. The van der Waals surface area contributed by atoms with E-state index in [4.69, 9.17) is 13.6 Å². The minimum Gasteiger partial charge on any atom is -0.506 e. The number of hydrogen-bond acceptors (Lipinski definition) is 7. The fourth-order valence-electron chi connectivity index (χ4n) is 2.70. The normalized spacial score (nSPS) is 12.9. The summed E-state index contributed by atoms with van der Waals surface area (Å²) in [5.74, 6) is 0.362. The van der Waals surface area contributed by atoms with E-state index in [9.17, 15) is 15.0 Å². The van der Waals surface area contributed by atoms with Crippen LogP contribution in [0, 0.1) is 6.92 Å². The van der Waals surface area contributed by atoms with Crippen molar-refractivity contribution in [1.82, 2.24) is 5.32 Å². The van der Waals surface area contributed by atoms with Crippen molar-refractivity contribution >= 4 is 34.3 Å². The molecule has 0 aliphatic heterocycles. The lowest BCUT2D eigenvalue weighted by atomic mass is 10.1. The van der Waals surface area contributed by atoms with Gasteiger partial charge in [-0.15, -0.1) is 12.4 Å². The van der Waals surface area contributed by atoms with E-state index in [1.807, 2.05) is 20.8 Å². The van der Waals surface area contributed by atoms with Crippen LogP contribution in [0.3, 0.4) is 0 Å². The van der Waals surface area contributed by atoms with Crippen LogP contribution in [0.2, 0.25) is 0 Å². The van der Waals surface area contributed by atoms with Crippen LogP contribution in [0.4, 0.5) is 0 Å². The number of hydrogen-bond donors (Lipinski definition) is 3. The van der Waals surface area contributed by atoms with E-state index < -0.39 is 6.10 Å². The molecule has 8 heteroatoms. The van der Waals surface area contributed by atoms with E-state index in [0.29, 0.717) is 17.7 Å². The molecule has 148 valence electrons. The van der Waals surface area contributed by atoms with Crippen molar-refractivity contribution in [3.63, 3.8) is 0 Å². The van der Waals surface area contributed by atoms with E-state index in [1.165, 1.54) is 12.3 Å². The number of phenols is 1. The van der Waals surface area contributed by atoms with Crippen LogP contribution in [0.25, 0.3) is 21.9 Å². The first kappa shape index (κ1) is 21.1. The molecule has 0 aliphatic carbocycles. The van der Waals surface area contributed by atoms with E-state index in [1.54, 1.807) is 13.0 Å². The number of aliphatic hydroxyl groups excluding tert-OH is 1. The lowest BCUT2D eigenvalue weighted by Crippen LogP contribution is -2.42. The van der Waals surface area contributed by atoms with Gasteiger partial charge in [-0.05, 0) is 33.8 Å². The number of fused-ring (bicyclic) bond motifs is 2. The number of nitrogens with one attached hydrogen (secondary N) is 1. The van der Waals surface area contributed by atoms with Crippen LogP contribution < -0.4 is 15.5 Å². The molecule has 0 aliphatic rings. The van der Waals surface area contributed by atoms with E-state index >= 15 is 0 Å². The Morgan fingerprint density at radius 2 is 2.00 bits per heavy atom. The molecule has 0 saturated heterocycles. The Bertz CT molecular complexity index is 1000. The third kappa shape index (κ3) is 4.37. The average Bonchev–Trinajstić information content (AvgIpc) is 3.01. The molecule has 3 rings (SSSR count). The zero-order valence-electron chi connectivity index (χ0n) is 15.7. The number of rotatable bonds is 5. The monoisotopic (exact) mass is 397 g/mol. The molecule has 1 aromatic carbocycles. The SMILES string of the molecule is Cc1cc(=O)c2c(O)c3ccoc3c(OC[C@@H](O)CNC(C)(C)C)c2o1.Cl. The van der Waals surface area contributed by atoms with Crippen molar-refractivity contribution in [1.29, 1.82) is 0 Å². The van der Waals surface area contributed by atoms with Crippen LogP contribution >= 0.6 is 12.4 Å². The molecule has 0 amide bonds. The van der Waals surface area contributed by atoms with Gasteiger partial charge in [-0.1, -0.05) is 0 Å². The highest BCUT2D eigenvalue weighted by Crippen LogP contribution is 2.41. The summed E-state index contributed by atoms with van der Waals surface area (Å²) in [6.45, 7) is 7.93. The second-order valence-corrected chi connectivity index (χ2v) is 7.36. The van der Waals surface area contributed by atoms with Crippen molar-refractivity contribution in [3.05, 3.63) is 34.4 Å². The van der Waals surface area contributed by atoms with Crippen molar-refractivity contribution in [2.24, 2.45) is 0 Å². The summed E-state index contributed by atoms with van der Waals surface area (Å²) in [6.07, 6.45) is 0.616. The number of furan rings is 1. The van der Waals surface area contributed by atoms with Gasteiger partial charge in [0.2, 0.25) is 5.75 Å². The first-order valence-electron chi connectivity index (χ1n) is 8.40. The Labute approximate surface area is 162 Å². The third-order valence-electron chi connectivity index (χ3n) is 3.93. The Hall–Kier alpha value is -2.22. The molecule has 2 heterocycles. The van der Waals surface area contributed by atoms with E-state index in [0.717, 1.165) is 0 Å². The topological polar surface area (TPSA) is 105 Å². The second kappa shape index (κ2) is 7.80. The lowest BCUT2D eigenvalue weighted by molar-refractivity contribution is 0.100. The molecule has 7 nitrogen and oxygen atoms in total. The molecule has 2 aromatic heterocycles. The molecule has 0 radical (unpaired) electrons. The fraction of sp³-hybridized carbons (Fsp3) is 0.421. The minimum atomic E-state index is -0.778. The molecule has 0 unspecified atom stereocenters. The maximum atomic E-state index is 12.3. The van der Waals surface area contributed by atoms with Gasteiger partial charge in [0.1, 0.15) is 29.6 Å². The summed E-state index contributed by atoms with van der Waals surface area (Å²) in [5.41, 5.74) is -0.139. The number of aryl methyl sites for hydroxylation is 1. The van der Waals surface area contributed by atoms with Gasteiger partial charge in [0.05, 0.1) is 11.6 Å². The van der Waals surface area contributed by atoms with Gasteiger partial charge < -0.3 is 29.1 Å². The van der Waals surface area contributed by atoms with E-state index in [2.05, 4.69) is 5.32 Å². The van der Waals surface area contributed by atoms with Gasteiger partial charge in [-0.2, -0.15) is 0 Å². The molecular weight excluding hydrogens is 374 g/mol. The van der Waals surface area contributed by atoms with Crippen molar-refractivity contribution in [2.75, 3.05) is 13.2 Å². The average molecular weight is 398 g/mol. The summed E-state index contributed by atoms with van der Waals surface area (Å²) < 4.78 is 16.8. The highest BCUT2D eigenvalue weighted by Gasteiger charge is 2.23. The van der Waals surface area contributed by atoms with Crippen molar-refractivity contribution in [2.45, 2.75) is 39.3 Å². The Morgan fingerprint density at radius 3 is 2.67 bits per heavy atom. The first-order valence-corrected chi connectivity index (χ1v) is 8.40. The Morgan fingerprint density at radius 1 is 1.30 bits per heavy atom. The predicted molar refractivity (Wildman–Crippen MR) is 105 cm³/mol. The fourth-order valence-corrected chi connectivity index (χ4v) is 2.70. The van der Waals surface area contributed by atoms with Gasteiger partial charge in [0.25, 0.3) is 0 Å². The summed E-state index contributed by atoms with van der Waals surface area (Å²) in [4.78, 5) is 12.3. The summed E-state index contributed by atoms with van der Waals surface area (Å²) in [5, 5.41) is 24.2. The van der Waals surface area contributed by atoms with Crippen LogP contribution in [0.15, 0.2) is 32.0 Å². The Balaban J connectivity index is 0.00000261. The van der Waals surface area contributed by atoms with Gasteiger partial charge in [-0.25, -0.2) is 0 Å². The number of benzene rings is 1. The summed E-state index contributed by atoms with van der Waals surface area (Å²) in [7, 11) is 0. The molecule has 3 aromatic rings. The molecule has 3 N–H and O–H groups in total. The van der Waals surface area contributed by atoms with Crippen LogP contribution in [0.1, 0.15) is 26.5 Å². The lowest BCUT2D eigenvalue weighted by Gasteiger charge is -2.23. The van der Waals surface area contributed by atoms with Crippen LogP contribution in [-0.4, -0.2) is 35.0 Å². The first-order chi connectivity index (χ1) is 12.2. The third-order valence-corrected chi connectivity index (χ3v) is 3.93. The standard InChI is InChI=1S/C19H23NO6.ClH/c1-10-7-13(22)14-15(23)12-5-6-24-16(12)18(17(14)26-10)25-9-11(21)8-20-19(2,3)4;/h5-7,11,20-21,23H,8-9H2,1-4H3;1H/t11-;/m0./s1. The highest BCUT2D eigenvalue weighted by molar-refractivity contribution is 6.06. The summed E-state index contributed by atoms with van der Waals surface area (Å²) >= 11 is 0. The summed E-state index contributed by atoms with van der Waals surface area (Å²) in [6, 6.07) is 2.85. The molecule has 0 bridgehead atoms. The largest absolute Gasteiger partial charge is 0.506 e. The van der Waals surface area contributed by atoms with E-state index in [-0.39, 0.29) is 58.0 Å². The van der Waals surface area contributed by atoms with Gasteiger partial charge >= 0.3 is 0 Å². The number of halogens is 1. The molecule has 0 saturated carbocycles. The number of phenolic OH excluding ortho intramolecular Hbond substituents is 1. The smallest absolute Gasteiger partial charge is 0.206 e. The van der Waals surface area contributed by atoms with Crippen molar-refractivity contribution in [3.8, 4) is 11.5 Å². The van der Waals surface area contributed by atoms with Gasteiger partial charge in [0, 0.05) is 18.2 Å². The van der Waals surface area contributed by atoms with Crippen molar-refractivity contribution < 1.29 is 23.8 Å². The zero-order chi connectivity index (χ0) is 19.1. The quantitative estimate of drug-likeness (QED) is 0.607. The number of aromatic hydroxyl groups is 1. The number of aliphatic hydroxyl groups is 1. The zero-order valence-corrected chi connectivity index (χ0v) is 16.5. The molecular formula is C19H24ClNO6. The predicted octanol–water partition coefficient (Wildman–Crippen LogP) is 3.10. The Kier molecular flexibility index (Phi) is 6.09. The number of β-amino-alcohol motifs (C(OH)–C–C–N with tert-alkyl or cyclic N) is 1. The maximum Gasteiger partial charge on any atom is 0.206 e. The number of ether oxygens (including phenoxy) is 1. The molecule has 1 atom stereocenters. The molecule has 0 spiro atoms. The molecule has 0 fully saturated rings. The van der Waals surface area contributed by atoms with Crippen LogP contribution in [0.5, 0.6) is 11.5 Å². The second-order valence-electron chi connectivity index (χ2n) is 7.36. The van der Waals surface area contributed by atoms with Gasteiger partial charge in [-0.3, -0.25) is 4.79 Å².